The summed E-state index contributed by atoms with van der Waals surface area (Å²) in [4.78, 5) is 13.8. The van der Waals surface area contributed by atoms with E-state index in [1.165, 1.54) is 6.42 Å². The van der Waals surface area contributed by atoms with Crippen molar-refractivity contribution in [2.75, 3.05) is 6.54 Å². The summed E-state index contributed by atoms with van der Waals surface area (Å²) in [5, 5.41) is 26.4. The number of rotatable bonds is 3. The van der Waals surface area contributed by atoms with Crippen LogP contribution in [0.1, 0.15) is 70.6 Å². The van der Waals surface area contributed by atoms with Crippen LogP contribution in [-0.2, 0) is 4.79 Å². The van der Waals surface area contributed by atoms with E-state index in [0.717, 1.165) is 57.8 Å². The van der Waals surface area contributed by atoms with Gasteiger partial charge in [0.1, 0.15) is 5.41 Å². The van der Waals surface area contributed by atoms with Gasteiger partial charge in [0.25, 0.3) is 0 Å². The molecule has 146 valence electrons. The van der Waals surface area contributed by atoms with E-state index < -0.39 is 11.4 Å². The number of hydrogen-bond donors (Lipinski definition) is 1. The Morgan fingerprint density at radius 3 is 1.65 bits per heavy atom. The summed E-state index contributed by atoms with van der Waals surface area (Å²) in [6, 6.07) is 4.47. The number of halogens is 3. The number of hydrogen-bond acceptors (Lipinski definition) is 3. The fourth-order valence-electron chi connectivity index (χ4n) is 3.53. The molecule has 2 aliphatic carbocycles. The molecule has 0 aliphatic heterocycles. The van der Waals surface area contributed by atoms with Crippen molar-refractivity contribution in [2.45, 2.75) is 70.6 Å². The third kappa shape index (κ3) is 10.5. The minimum atomic E-state index is -0.849. The lowest BCUT2D eigenvalue weighted by molar-refractivity contribution is -0.139. The second-order valence-corrected chi connectivity index (χ2v) is 6.79. The van der Waals surface area contributed by atoms with Crippen LogP contribution in [0.2, 0.25) is 0 Å². The van der Waals surface area contributed by atoms with Crippen molar-refractivity contribution in [1.29, 1.82) is 10.5 Å². The van der Waals surface area contributed by atoms with Crippen LogP contribution in [-0.4, -0.2) is 17.6 Å². The molecule has 26 heavy (non-hydrogen) atoms. The molecule has 2 saturated carbocycles. The van der Waals surface area contributed by atoms with E-state index in [-0.39, 0.29) is 35.8 Å². The summed E-state index contributed by atoms with van der Waals surface area (Å²) in [5.41, 5.74) is -0.829. The zero-order valence-corrected chi connectivity index (χ0v) is 21.5. The minimum absolute atomic E-state index is 0. The van der Waals surface area contributed by atoms with Crippen molar-refractivity contribution < 1.29 is 9.90 Å². The number of aliphatic carboxylic acids is 1. The Balaban J connectivity index is 0. The average Bonchev–Trinajstić information content (AvgIpc) is 2.65. The van der Waals surface area contributed by atoms with Gasteiger partial charge in [-0.2, -0.15) is 10.5 Å². The van der Waals surface area contributed by atoms with Gasteiger partial charge in [0, 0.05) is 37.2 Å². The van der Waals surface area contributed by atoms with Crippen LogP contribution in [0.3, 0.4) is 0 Å². The summed E-state index contributed by atoms with van der Waals surface area (Å²) < 4.78 is 0. The molecule has 0 bridgehead atoms. The van der Waals surface area contributed by atoms with E-state index in [1.807, 2.05) is 0 Å². The highest BCUT2D eigenvalue weighted by atomic mass is 128. The molecule has 0 saturated heterocycles. The van der Waals surface area contributed by atoms with Crippen LogP contribution >= 0.6 is 61.2 Å². The van der Waals surface area contributed by atoms with Crippen LogP contribution in [0.25, 0.3) is 4.85 Å². The molecular formula is C18H26I3N3O2. The van der Waals surface area contributed by atoms with Gasteiger partial charge in [-0.15, -0.1) is 24.0 Å². The molecular weight excluding hydrogens is 671 g/mol. The van der Waals surface area contributed by atoms with Gasteiger partial charge >= 0.3 is 5.97 Å². The maximum atomic E-state index is 10.5. The zero-order valence-electron chi connectivity index (χ0n) is 14.8. The summed E-state index contributed by atoms with van der Waals surface area (Å²) in [7, 11) is 0. The Kier molecular flexibility index (Phi) is 17.6. The second-order valence-electron chi connectivity index (χ2n) is 6.79. The highest BCUT2D eigenvalue weighted by molar-refractivity contribution is 15.0. The first-order valence-corrected chi connectivity index (χ1v) is 14.8. The average molecular weight is 697 g/mol. The standard InChI is InChI=1S/C9H12N2.C9H13NO2.I2.HI/c1-11-8-9(7-10)5-3-2-4-6-9;10-7-9(6-8(11)12)4-2-1-3-5-9;1-2;/h2-6,8H2;1-6H2,(H,11,12);;1H. The number of nitrogens with zero attached hydrogens (tertiary/aromatic N) is 3. The lowest BCUT2D eigenvalue weighted by Gasteiger charge is -2.28. The van der Waals surface area contributed by atoms with Gasteiger partial charge in [0.05, 0.1) is 24.0 Å². The molecule has 0 heterocycles. The van der Waals surface area contributed by atoms with Gasteiger partial charge < -0.3 is 9.95 Å². The SMILES string of the molecule is I.II.N#CC1(CC(=O)O)CCCCC1.[C-]#[N+]CC1(C#N)CCCCC1. The van der Waals surface area contributed by atoms with Crippen LogP contribution < -0.4 is 0 Å². The third-order valence-corrected chi connectivity index (χ3v) is 4.97. The van der Waals surface area contributed by atoms with Crippen molar-refractivity contribution >= 4 is 67.2 Å². The normalized spacial score (nSPS) is 19.2. The van der Waals surface area contributed by atoms with Gasteiger partial charge in [0.2, 0.25) is 6.54 Å². The predicted octanol–water partition coefficient (Wildman–Crippen LogP) is 6.70. The Morgan fingerprint density at radius 2 is 1.35 bits per heavy atom. The second kappa shape index (κ2) is 16.1. The molecule has 0 spiro atoms. The molecule has 0 aromatic rings. The summed E-state index contributed by atoms with van der Waals surface area (Å²) >= 11 is 4.24. The largest absolute Gasteiger partial charge is 0.481 e. The summed E-state index contributed by atoms with van der Waals surface area (Å²) in [5.74, 6) is -0.849. The van der Waals surface area contributed by atoms with Crippen molar-refractivity contribution in [3.63, 3.8) is 0 Å². The van der Waals surface area contributed by atoms with Crippen molar-refractivity contribution in [3.8, 4) is 12.1 Å². The van der Waals surface area contributed by atoms with Gasteiger partial charge in [-0.1, -0.05) is 38.5 Å². The van der Waals surface area contributed by atoms with Crippen molar-refractivity contribution in [1.82, 2.24) is 0 Å². The highest BCUT2D eigenvalue weighted by Crippen LogP contribution is 2.38. The maximum Gasteiger partial charge on any atom is 0.304 e. The Hall–Kier alpha value is 0.130. The molecule has 2 aliphatic rings. The smallest absolute Gasteiger partial charge is 0.304 e. The summed E-state index contributed by atoms with van der Waals surface area (Å²) in [6.45, 7) is 7.15. The van der Waals surface area contributed by atoms with Crippen molar-refractivity contribution in [2.24, 2.45) is 10.8 Å². The fraction of sp³-hybridized carbons (Fsp3) is 0.778. The quantitative estimate of drug-likeness (QED) is 0.263. The molecule has 0 atom stereocenters. The highest BCUT2D eigenvalue weighted by Gasteiger charge is 2.35. The van der Waals surface area contributed by atoms with E-state index in [1.54, 1.807) is 0 Å². The third-order valence-electron chi connectivity index (χ3n) is 4.97. The van der Waals surface area contributed by atoms with E-state index in [0.29, 0.717) is 6.54 Å². The van der Waals surface area contributed by atoms with Gasteiger partial charge in [-0.3, -0.25) is 4.79 Å². The number of carbonyl (C=O) groups is 1. The first-order valence-electron chi connectivity index (χ1n) is 8.53. The lowest BCUT2D eigenvalue weighted by atomic mass is 9.73. The molecule has 0 amide bonds. The van der Waals surface area contributed by atoms with E-state index in [2.05, 4.69) is 54.2 Å². The topological polar surface area (TPSA) is 89.2 Å². The van der Waals surface area contributed by atoms with Gasteiger partial charge in [-0.05, 0) is 25.7 Å². The van der Waals surface area contributed by atoms with E-state index in [4.69, 9.17) is 22.2 Å². The molecule has 2 fully saturated rings. The summed E-state index contributed by atoms with van der Waals surface area (Å²) in [6.07, 6.45) is 10.0. The number of carboxylic acid groups (broad SMARTS) is 1. The first-order chi connectivity index (χ1) is 12.0. The maximum absolute atomic E-state index is 10.5. The number of nitriles is 2. The van der Waals surface area contributed by atoms with Gasteiger partial charge in [0.15, 0.2) is 0 Å². The van der Waals surface area contributed by atoms with Crippen LogP contribution in [0, 0.1) is 40.1 Å². The van der Waals surface area contributed by atoms with Crippen LogP contribution in [0.5, 0.6) is 0 Å². The number of carboxylic acids is 1. The van der Waals surface area contributed by atoms with Crippen LogP contribution in [0.15, 0.2) is 0 Å². The molecule has 0 unspecified atom stereocenters. The molecule has 0 radical (unpaired) electrons. The molecule has 0 aromatic heterocycles. The Morgan fingerprint density at radius 1 is 0.962 bits per heavy atom. The minimum Gasteiger partial charge on any atom is -0.481 e. The van der Waals surface area contributed by atoms with Crippen molar-refractivity contribution in [3.05, 3.63) is 11.4 Å². The molecule has 0 aromatic carbocycles. The van der Waals surface area contributed by atoms with Gasteiger partial charge in [-0.25, -0.2) is 6.57 Å². The Bertz CT molecular complexity index is 523. The Labute approximate surface area is 197 Å². The fourth-order valence-corrected chi connectivity index (χ4v) is 3.53. The molecule has 8 heteroatoms. The molecule has 5 nitrogen and oxygen atoms in total. The monoisotopic (exact) mass is 697 g/mol. The molecule has 2 rings (SSSR count). The van der Waals surface area contributed by atoms with E-state index in [9.17, 15) is 4.79 Å². The predicted molar refractivity (Wildman–Crippen MR) is 129 cm³/mol. The van der Waals surface area contributed by atoms with E-state index >= 15 is 0 Å². The zero-order chi connectivity index (χ0) is 19.2. The first kappa shape index (κ1) is 28.3. The lowest BCUT2D eigenvalue weighted by Crippen LogP contribution is -2.25. The molecule has 1 N–H and O–H groups in total. The van der Waals surface area contributed by atoms with Crippen LogP contribution in [0.4, 0.5) is 0 Å².